The van der Waals surface area contributed by atoms with Crippen LogP contribution in [0.25, 0.3) is 0 Å². The van der Waals surface area contributed by atoms with Crippen LogP contribution < -0.4 is 10.6 Å². The molecule has 0 fully saturated rings. The molecule has 2 aromatic rings. The molecule has 0 amide bonds. The van der Waals surface area contributed by atoms with Gasteiger partial charge in [-0.3, -0.25) is 5.41 Å². The number of halogens is 3. The molecule has 1 aromatic carbocycles. The highest BCUT2D eigenvalue weighted by molar-refractivity contribution is 7.15. The second kappa shape index (κ2) is 6.08. The lowest BCUT2D eigenvalue weighted by atomic mass is 10.3. The molecule has 0 saturated carbocycles. The molecular weight excluding hydrogens is 303 g/mol. The Hall–Kier alpha value is -2.16. The molecule has 0 bridgehead atoms. The van der Waals surface area contributed by atoms with Crippen LogP contribution in [0.2, 0.25) is 0 Å². The van der Waals surface area contributed by atoms with Crippen LogP contribution >= 0.6 is 11.3 Å². The molecule has 2 rings (SSSR count). The third kappa shape index (κ3) is 3.91. The van der Waals surface area contributed by atoms with Crippen LogP contribution in [0.15, 0.2) is 30.3 Å². The van der Waals surface area contributed by atoms with Gasteiger partial charge in [-0.05, 0) is 12.1 Å². The minimum Gasteiger partial charge on any atom is -0.388 e. The van der Waals surface area contributed by atoms with E-state index < -0.39 is 11.2 Å². The fourth-order valence-electron chi connectivity index (χ4n) is 1.61. The van der Waals surface area contributed by atoms with Gasteiger partial charge in [-0.25, -0.2) is 0 Å². The molecule has 9 heteroatoms. The summed E-state index contributed by atoms with van der Waals surface area (Å²) in [4.78, 5) is 1.56. The molecule has 21 heavy (non-hydrogen) atoms. The molecule has 0 aliphatic carbocycles. The first-order chi connectivity index (χ1) is 9.88. The molecule has 0 radical (unpaired) electrons. The van der Waals surface area contributed by atoms with Gasteiger partial charge >= 0.3 is 6.18 Å². The molecule has 0 aliphatic rings. The number of nitrogens with two attached hydrogens (primary N) is 1. The number of amidine groups is 1. The van der Waals surface area contributed by atoms with E-state index in [4.69, 9.17) is 11.1 Å². The molecule has 1 heterocycles. The maximum Gasteiger partial charge on any atom is 0.445 e. The Bertz CT molecular complexity index is 611. The lowest BCUT2D eigenvalue weighted by molar-refractivity contribution is -0.138. The Balaban J connectivity index is 2.31. The normalized spacial score (nSPS) is 11.4. The van der Waals surface area contributed by atoms with Gasteiger partial charge in [0, 0.05) is 18.7 Å². The van der Waals surface area contributed by atoms with Crippen molar-refractivity contribution in [1.29, 1.82) is 5.41 Å². The molecule has 112 valence electrons. The van der Waals surface area contributed by atoms with E-state index in [1.54, 1.807) is 35.2 Å². The summed E-state index contributed by atoms with van der Waals surface area (Å²) < 4.78 is 37.8. The predicted octanol–water partition coefficient (Wildman–Crippen LogP) is 3.02. The molecule has 0 saturated heterocycles. The van der Waals surface area contributed by atoms with Gasteiger partial charge in [0.1, 0.15) is 0 Å². The summed E-state index contributed by atoms with van der Waals surface area (Å²) in [6.45, 7) is 0.256. The standard InChI is InChI=1S/C12H12F3N5S/c13-12(14,15)10-18-19-11(21-10)20(7-6-9(16)17)8-4-2-1-3-5-8/h1-5H,6-7H2,(H3,16,17). The molecule has 3 N–H and O–H groups in total. The van der Waals surface area contributed by atoms with Crippen LogP contribution in [0.3, 0.4) is 0 Å². The van der Waals surface area contributed by atoms with Crippen molar-refractivity contribution in [2.75, 3.05) is 11.4 Å². The maximum absolute atomic E-state index is 12.6. The van der Waals surface area contributed by atoms with Gasteiger partial charge in [0.15, 0.2) is 0 Å². The molecule has 5 nitrogen and oxygen atoms in total. The number of aromatic nitrogens is 2. The summed E-state index contributed by atoms with van der Waals surface area (Å²) in [5, 5.41) is 13.2. The van der Waals surface area contributed by atoms with Crippen molar-refractivity contribution >= 4 is 28.0 Å². The number of alkyl halides is 3. The summed E-state index contributed by atoms with van der Waals surface area (Å²) in [5.41, 5.74) is 5.99. The average Bonchev–Trinajstić information content (AvgIpc) is 2.89. The van der Waals surface area contributed by atoms with Gasteiger partial charge in [0.2, 0.25) is 10.1 Å². The topological polar surface area (TPSA) is 78.9 Å². The highest BCUT2D eigenvalue weighted by Gasteiger charge is 2.36. The van der Waals surface area contributed by atoms with E-state index in [1.807, 2.05) is 0 Å². The minimum absolute atomic E-state index is 0.0449. The highest BCUT2D eigenvalue weighted by Crippen LogP contribution is 2.36. The number of nitrogens with zero attached hydrogens (tertiary/aromatic N) is 3. The Morgan fingerprint density at radius 1 is 1.24 bits per heavy atom. The number of rotatable bonds is 5. The van der Waals surface area contributed by atoms with Gasteiger partial charge in [-0.1, -0.05) is 29.5 Å². The summed E-state index contributed by atoms with van der Waals surface area (Å²) in [6.07, 6.45) is -4.30. The molecule has 0 aliphatic heterocycles. The largest absolute Gasteiger partial charge is 0.445 e. The van der Waals surface area contributed by atoms with Gasteiger partial charge < -0.3 is 10.6 Å². The first-order valence-electron chi connectivity index (χ1n) is 5.94. The van der Waals surface area contributed by atoms with Crippen molar-refractivity contribution in [2.24, 2.45) is 5.73 Å². The van der Waals surface area contributed by atoms with E-state index >= 15 is 0 Å². The average molecular weight is 315 g/mol. The fourth-order valence-corrected chi connectivity index (χ4v) is 2.37. The van der Waals surface area contributed by atoms with Crippen LogP contribution in [-0.4, -0.2) is 22.6 Å². The number of para-hydroxylation sites is 1. The molecule has 1 aromatic heterocycles. The Morgan fingerprint density at radius 2 is 1.90 bits per heavy atom. The van der Waals surface area contributed by atoms with E-state index in [0.717, 1.165) is 0 Å². The zero-order valence-corrected chi connectivity index (χ0v) is 11.6. The smallest absolute Gasteiger partial charge is 0.388 e. The van der Waals surface area contributed by atoms with Crippen LogP contribution in [0.1, 0.15) is 11.4 Å². The number of benzene rings is 1. The summed E-state index contributed by atoms with van der Waals surface area (Å²) in [7, 11) is 0. The van der Waals surface area contributed by atoms with Gasteiger partial charge in [0.25, 0.3) is 0 Å². The third-order valence-electron chi connectivity index (χ3n) is 2.56. The lowest BCUT2D eigenvalue weighted by Crippen LogP contribution is -2.23. The van der Waals surface area contributed by atoms with Crippen molar-refractivity contribution in [2.45, 2.75) is 12.6 Å². The summed E-state index contributed by atoms with van der Waals surface area (Å²) in [6, 6.07) is 8.82. The number of hydrogen-bond donors (Lipinski definition) is 2. The second-order valence-corrected chi connectivity index (χ2v) is 5.11. The fraction of sp³-hybridized carbons (Fsp3) is 0.250. The van der Waals surface area contributed by atoms with E-state index in [2.05, 4.69) is 10.2 Å². The van der Waals surface area contributed by atoms with Crippen LogP contribution in [0, 0.1) is 5.41 Å². The van der Waals surface area contributed by atoms with Crippen molar-refractivity contribution in [3.8, 4) is 0 Å². The first-order valence-corrected chi connectivity index (χ1v) is 6.76. The van der Waals surface area contributed by atoms with Crippen LogP contribution in [0.4, 0.5) is 24.0 Å². The van der Waals surface area contributed by atoms with E-state index in [9.17, 15) is 13.2 Å². The molecule has 0 spiro atoms. The summed E-state index contributed by atoms with van der Waals surface area (Å²) >= 11 is 0.462. The zero-order chi connectivity index (χ0) is 15.5. The van der Waals surface area contributed by atoms with Crippen molar-refractivity contribution in [1.82, 2.24) is 10.2 Å². The third-order valence-corrected chi connectivity index (χ3v) is 3.55. The first kappa shape index (κ1) is 15.2. The van der Waals surface area contributed by atoms with E-state index in [1.165, 1.54) is 0 Å². The highest BCUT2D eigenvalue weighted by atomic mass is 32.1. The van der Waals surface area contributed by atoms with E-state index in [-0.39, 0.29) is 23.9 Å². The number of nitrogens with one attached hydrogen (secondary N) is 1. The van der Waals surface area contributed by atoms with Crippen molar-refractivity contribution in [3.63, 3.8) is 0 Å². The Morgan fingerprint density at radius 3 is 2.43 bits per heavy atom. The lowest BCUT2D eigenvalue weighted by Gasteiger charge is -2.21. The SMILES string of the molecule is N=C(N)CCN(c1ccccc1)c1nnc(C(F)(F)F)s1. The van der Waals surface area contributed by atoms with Gasteiger partial charge in [-0.2, -0.15) is 13.2 Å². The van der Waals surface area contributed by atoms with Gasteiger partial charge in [0.05, 0.1) is 5.84 Å². The zero-order valence-electron chi connectivity index (χ0n) is 10.8. The minimum atomic E-state index is -4.52. The van der Waals surface area contributed by atoms with Crippen molar-refractivity contribution in [3.05, 3.63) is 35.3 Å². The molecule has 0 atom stereocenters. The Kier molecular flexibility index (Phi) is 4.41. The Labute approximate surface area is 122 Å². The van der Waals surface area contributed by atoms with E-state index in [0.29, 0.717) is 17.0 Å². The quantitative estimate of drug-likeness (QED) is 0.656. The van der Waals surface area contributed by atoms with Crippen LogP contribution in [-0.2, 0) is 6.18 Å². The summed E-state index contributed by atoms with van der Waals surface area (Å²) in [5.74, 6) is -0.0449. The van der Waals surface area contributed by atoms with Crippen molar-refractivity contribution < 1.29 is 13.2 Å². The monoisotopic (exact) mass is 315 g/mol. The van der Waals surface area contributed by atoms with Crippen LogP contribution in [0.5, 0.6) is 0 Å². The van der Waals surface area contributed by atoms with Gasteiger partial charge in [-0.15, -0.1) is 10.2 Å². The molecule has 0 unspecified atom stereocenters. The maximum atomic E-state index is 12.6. The predicted molar refractivity (Wildman–Crippen MR) is 74.9 cm³/mol. The second-order valence-electron chi connectivity index (χ2n) is 4.15. The molecular formula is C12H12F3N5S. The number of anilines is 2. The number of hydrogen-bond acceptors (Lipinski definition) is 5.